The molecule has 1 aromatic rings. The van der Waals surface area contributed by atoms with E-state index in [2.05, 4.69) is 15.2 Å². The summed E-state index contributed by atoms with van der Waals surface area (Å²) < 4.78 is 38.5. The number of nitrogens with zero attached hydrogens (tertiary/aromatic N) is 3. The van der Waals surface area contributed by atoms with Crippen LogP contribution in [0.4, 0.5) is 19.0 Å². The molecule has 8 heteroatoms. The summed E-state index contributed by atoms with van der Waals surface area (Å²) in [5.74, 6) is -0.174. The Balaban J connectivity index is 2.10. The molecule has 0 spiro atoms. The van der Waals surface area contributed by atoms with Crippen LogP contribution < -0.4 is 10.2 Å². The van der Waals surface area contributed by atoms with Gasteiger partial charge in [-0.1, -0.05) is 13.0 Å². The van der Waals surface area contributed by atoms with Crippen molar-refractivity contribution >= 4 is 11.7 Å². The molecule has 0 bridgehead atoms. The molecule has 1 unspecified atom stereocenters. The van der Waals surface area contributed by atoms with Crippen molar-refractivity contribution in [2.24, 2.45) is 0 Å². The van der Waals surface area contributed by atoms with Crippen LogP contribution in [0, 0.1) is 0 Å². The third kappa shape index (κ3) is 4.67. The van der Waals surface area contributed by atoms with E-state index >= 15 is 0 Å². The van der Waals surface area contributed by atoms with E-state index in [4.69, 9.17) is 0 Å². The van der Waals surface area contributed by atoms with Gasteiger partial charge in [0.1, 0.15) is 11.5 Å². The van der Waals surface area contributed by atoms with Gasteiger partial charge >= 0.3 is 6.18 Å². The van der Waals surface area contributed by atoms with Crippen LogP contribution in [-0.4, -0.2) is 55.1 Å². The third-order valence-corrected chi connectivity index (χ3v) is 4.23. The predicted octanol–water partition coefficient (Wildman–Crippen LogP) is 2.14. The summed E-state index contributed by atoms with van der Waals surface area (Å²) in [5.41, 5.74) is -0.981. The highest BCUT2D eigenvalue weighted by Crippen LogP contribution is 2.29. The number of likely N-dealkylation sites (N-methyl/N-ethyl adjacent to an activating group) is 1. The Morgan fingerprint density at radius 1 is 1.46 bits per heavy atom. The highest BCUT2D eigenvalue weighted by molar-refractivity contribution is 5.92. The third-order valence-electron chi connectivity index (χ3n) is 4.23. The average Bonchev–Trinajstić information content (AvgIpc) is 3.02. The Morgan fingerprint density at radius 3 is 2.79 bits per heavy atom. The molecule has 1 fully saturated rings. The Bertz CT molecular complexity index is 564. The van der Waals surface area contributed by atoms with Crippen molar-refractivity contribution in [1.82, 2.24) is 15.2 Å². The predicted molar refractivity (Wildman–Crippen MR) is 85.8 cm³/mol. The second-order valence-corrected chi connectivity index (χ2v) is 5.85. The lowest BCUT2D eigenvalue weighted by Gasteiger charge is -2.25. The van der Waals surface area contributed by atoms with Crippen LogP contribution in [0.1, 0.15) is 25.5 Å². The summed E-state index contributed by atoms with van der Waals surface area (Å²) in [7, 11) is 1.91. The Morgan fingerprint density at radius 2 is 2.21 bits per heavy atom. The van der Waals surface area contributed by atoms with E-state index in [1.165, 1.54) is 17.0 Å². The maximum Gasteiger partial charge on any atom is 0.433 e. The molecule has 2 heterocycles. The number of amides is 1. The minimum Gasteiger partial charge on any atom is -0.316 e. The molecule has 2 rings (SSSR count). The lowest BCUT2D eigenvalue weighted by atomic mass is 10.3. The summed E-state index contributed by atoms with van der Waals surface area (Å²) in [6.45, 7) is 4.42. The van der Waals surface area contributed by atoms with E-state index in [-0.39, 0.29) is 18.1 Å². The van der Waals surface area contributed by atoms with Crippen LogP contribution in [0.15, 0.2) is 18.2 Å². The first-order valence-corrected chi connectivity index (χ1v) is 8.09. The largest absolute Gasteiger partial charge is 0.433 e. The summed E-state index contributed by atoms with van der Waals surface area (Å²) in [6.07, 6.45) is -3.27. The van der Waals surface area contributed by atoms with Crippen molar-refractivity contribution in [3.8, 4) is 0 Å². The normalized spacial score (nSPS) is 18.8. The molecule has 5 nitrogen and oxygen atoms in total. The fraction of sp³-hybridized carbons (Fsp3) is 0.625. The highest BCUT2D eigenvalue weighted by atomic mass is 19.4. The molecule has 1 aliphatic rings. The molecular weight excluding hydrogens is 321 g/mol. The monoisotopic (exact) mass is 344 g/mol. The topological polar surface area (TPSA) is 48.5 Å². The van der Waals surface area contributed by atoms with Crippen LogP contribution in [0.5, 0.6) is 0 Å². The molecule has 134 valence electrons. The molecular formula is C16H23F3N4O. The van der Waals surface area contributed by atoms with E-state index in [9.17, 15) is 18.0 Å². The van der Waals surface area contributed by atoms with Crippen LogP contribution in [0.2, 0.25) is 0 Å². The van der Waals surface area contributed by atoms with Crippen molar-refractivity contribution in [2.45, 2.75) is 32.0 Å². The molecule has 0 radical (unpaired) electrons. The summed E-state index contributed by atoms with van der Waals surface area (Å²) >= 11 is 0. The zero-order valence-electron chi connectivity index (χ0n) is 13.9. The van der Waals surface area contributed by atoms with Crippen molar-refractivity contribution in [3.05, 3.63) is 23.9 Å². The lowest BCUT2D eigenvalue weighted by molar-refractivity contribution is -0.141. The first-order chi connectivity index (χ1) is 11.3. The minimum absolute atomic E-state index is 0.0565. The number of carbonyl (C=O) groups excluding carboxylic acids is 1. The van der Waals surface area contributed by atoms with Crippen LogP contribution in [-0.2, 0) is 11.0 Å². The van der Waals surface area contributed by atoms with Gasteiger partial charge in [-0.3, -0.25) is 14.6 Å². The molecule has 1 atom stereocenters. The molecule has 1 amide bonds. The zero-order valence-corrected chi connectivity index (χ0v) is 13.9. The van der Waals surface area contributed by atoms with Gasteiger partial charge in [-0.05, 0) is 32.1 Å². The number of hydrogen-bond donors (Lipinski definition) is 1. The molecule has 0 aliphatic carbocycles. The second-order valence-electron chi connectivity index (χ2n) is 5.85. The van der Waals surface area contributed by atoms with Gasteiger partial charge in [0.05, 0.1) is 0 Å². The summed E-state index contributed by atoms with van der Waals surface area (Å²) in [5, 5.41) is 3.21. The number of nitrogens with one attached hydrogen (secondary N) is 1. The Kier molecular flexibility index (Phi) is 6.17. The summed E-state index contributed by atoms with van der Waals surface area (Å²) in [6, 6.07) is 4.07. The standard InChI is InChI=1S/C16H23F3N4O/c1-3-15(24)23(10-9-22-8-7-12(11-22)20-2)14-6-4-5-13(21-14)16(17,18)19/h4-6,12,20H,3,7-11H2,1-2H3. The number of pyridine rings is 1. The maximum atomic E-state index is 12.8. The number of halogens is 3. The molecule has 1 saturated heterocycles. The molecule has 24 heavy (non-hydrogen) atoms. The molecule has 0 aromatic carbocycles. The highest BCUT2D eigenvalue weighted by Gasteiger charge is 2.33. The Hall–Kier alpha value is -1.67. The van der Waals surface area contributed by atoms with Gasteiger partial charge in [0.25, 0.3) is 0 Å². The number of likely N-dealkylation sites (tertiary alicyclic amines) is 1. The molecule has 1 aromatic heterocycles. The number of alkyl halides is 3. The quantitative estimate of drug-likeness (QED) is 0.859. The Labute approximate surface area is 139 Å². The number of anilines is 1. The van der Waals surface area contributed by atoms with Crippen LogP contribution >= 0.6 is 0 Å². The molecule has 1 N–H and O–H groups in total. The average molecular weight is 344 g/mol. The van der Waals surface area contributed by atoms with E-state index in [1.54, 1.807) is 6.92 Å². The number of hydrogen-bond acceptors (Lipinski definition) is 4. The summed E-state index contributed by atoms with van der Waals surface area (Å²) in [4.78, 5) is 19.4. The fourth-order valence-corrected chi connectivity index (χ4v) is 2.80. The number of carbonyl (C=O) groups is 1. The fourth-order valence-electron chi connectivity index (χ4n) is 2.80. The van der Waals surface area contributed by atoms with Crippen LogP contribution in [0.25, 0.3) is 0 Å². The number of aromatic nitrogens is 1. The second kappa shape index (κ2) is 7.94. The maximum absolute atomic E-state index is 12.8. The smallest absolute Gasteiger partial charge is 0.316 e. The van der Waals surface area contributed by atoms with Gasteiger partial charge in [-0.15, -0.1) is 0 Å². The van der Waals surface area contributed by atoms with E-state index in [1.807, 2.05) is 7.05 Å². The van der Waals surface area contributed by atoms with Crippen molar-refractivity contribution < 1.29 is 18.0 Å². The minimum atomic E-state index is -4.52. The van der Waals surface area contributed by atoms with Crippen molar-refractivity contribution in [2.75, 3.05) is 38.1 Å². The van der Waals surface area contributed by atoms with Gasteiger partial charge in [-0.2, -0.15) is 13.2 Å². The molecule has 1 aliphatic heterocycles. The molecule has 0 saturated carbocycles. The number of rotatable bonds is 6. The first-order valence-electron chi connectivity index (χ1n) is 8.09. The van der Waals surface area contributed by atoms with E-state index in [0.717, 1.165) is 25.6 Å². The van der Waals surface area contributed by atoms with Gasteiger partial charge < -0.3 is 5.32 Å². The SMILES string of the molecule is CCC(=O)N(CCN1CCC(NC)C1)c1cccc(C(F)(F)F)n1. The van der Waals surface area contributed by atoms with Gasteiger partial charge in [-0.25, -0.2) is 4.98 Å². The van der Waals surface area contributed by atoms with Crippen molar-refractivity contribution in [3.63, 3.8) is 0 Å². The zero-order chi connectivity index (χ0) is 17.7. The van der Waals surface area contributed by atoms with E-state index < -0.39 is 11.9 Å². The van der Waals surface area contributed by atoms with Gasteiger partial charge in [0, 0.05) is 32.1 Å². The van der Waals surface area contributed by atoms with E-state index in [0.29, 0.717) is 19.1 Å². The lowest BCUT2D eigenvalue weighted by Crippen LogP contribution is -2.39. The van der Waals surface area contributed by atoms with Crippen molar-refractivity contribution in [1.29, 1.82) is 0 Å². The first kappa shape index (κ1) is 18.7. The van der Waals surface area contributed by atoms with Gasteiger partial charge in [0.15, 0.2) is 0 Å². The van der Waals surface area contributed by atoms with Crippen LogP contribution in [0.3, 0.4) is 0 Å². The van der Waals surface area contributed by atoms with Gasteiger partial charge in [0.2, 0.25) is 5.91 Å².